The fourth-order valence-corrected chi connectivity index (χ4v) is 4.01. The van der Waals surface area contributed by atoms with Gasteiger partial charge in [0.25, 0.3) is 0 Å². The van der Waals surface area contributed by atoms with Gasteiger partial charge in [-0.1, -0.05) is 82.1 Å². The molecule has 2 heteroatoms. The summed E-state index contributed by atoms with van der Waals surface area (Å²) in [5, 5.41) is 0. The Labute approximate surface area is 132 Å². The molecule has 110 valence electrons. The summed E-state index contributed by atoms with van der Waals surface area (Å²) in [6.45, 7) is 9.15. The number of rotatable bonds is 8. The smallest absolute Gasteiger partial charge is 0.0489 e. The normalized spacial score (nSPS) is 13.7. The Morgan fingerprint density at radius 1 is 1.05 bits per heavy atom. The molecule has 0 aliphatic carbocycles. The topological polar surface area (TPSA) is 0 Å². The molecule has 0 N–H and O–H groups in total. The standard InChI is InChI=1S/C17H29BrS/c1-5-6-7-8-9-10-11-14(18)15-12-13-16(19-15)17(2,3)4/h12-14H,5-11H2,1-4H3. The highest BCUT2D eigenvalue weighted by Gasteiger charge is 2.18. The van der Waals surface area contributed by atoms with Gasteiger partial charge in [0, 0.05) is 14.6 Å². The van der Waals surface area contributed by atoms with Gasteiger partial charge in [-0.25, -0.2) is 0 Å². The van der Waals surface area contributed by atoms with E-state index in [1.165, 1.54) is 54.7 Å². The lowest BCUT2D eigenvalue weighted by Gasteiger charge is -2.15. The number of hydrogen-bond donors (Lipinski definition) is 0. The van der Waals surface area contributed by atoms with Gasteiger partial charge in [0.2, 0.25) is 0 Å². The molecular formula is C17H29BrS. The first-order valence-electron chi connectivity index (χ1n) is 7.69. The van der Waals surface area contributed by atoms with Crippen LogP contribution in [-0.4, -0.2) is 0 Å². The van der Waals surface area contributed by atoms with Gasteiger partial charge >= 0.3 is 0 Å². The maximum Gasteiger partial charge on any atom is 0.0489 e. The van der Waals surface area contributed by atoms with Crippen molar-refractivity contribution < 1.29 is 0 Å². The fraction of sp³-hybridized carbons (Fsp3) is 0.765. The molecule has 1 heterocycles. The Morgan fingerprint density at radius 2 is 1.68 bits per heavy atom. The molecule has 0 radical (unpaired) electrons. The third kappa shape index (κ3) is 6.44. The van der Waals surface area contributed by atoms with Crippen molar-refractivity contribution in [3.63, 3.8) is 0 Å². The minimum atomic E-state index is 0.287. The lowest BCUT2D eigenvalue weighted by Crippen LogP contribution is -2.07. The van der Waals surface area contributed by atoms with Crippen molar-refractivity contribution in [3.8, 4) is 0 Å². The molecule has 0 nitrogen and oxygen atoms in total. The lowest BCUT2D eigenvalue weighted by molar-refractivity contribution is 0.589. The monoisotopic (exact) mass is 344 g/mol. The second-order valence-corrected chi connectivity index (χ2v) is 8.70. The molecule has 0 aliphatic rings. The molecule has 1 atom stereocenters. The molecule has 0 fully saturated rings. The predicted octanol–water partition coefficient (Wildman–Crippen LogP) is 7.23. The Hall–Kier alpha value is 0.180. The highest BCUT2D eigenvalue weighted by atomic mass is 79.9. The first kappa shape index (κ1) is 17.2. The van der Waals surface area contributed by atoms with Crippen LogP contribution in [0.5, 0.6) is 0 Å². The van der Waals surface area contributed by atoms with E-state index in [9.17, 15) is 0 Å². The second-order valence-electron chi connectivity index (χ2n) is 6.48. The molecule has 0 aliphatic heterocycles. The van der Waals surface area contributed by atoms with Crippen LogP contribution in [-0.2, 0) is 5.41 Å². The van der Waals surface area contributed by atoms with Crippen LogP contribution in [0.2, 0.25) is 0 Å². The van der Waals surface area contributed by atoms with E-state index in [0.717, 1.165) is 0 Å². The second kappa shape index (κ2) is 8.46. The van der Waals surface area contributed by atoms with Gasteiger partial charge in [0.15, 0.2) is 0 Å². The van der Waals surface area contributed by atoms with Crippen LogP contribution in [0.4, 0.5) is 0 Å². The van der Waals surface area contributed by atoms with Gasteiger partial charge in [-0.05, 0) is 24.0 Å². The molecule has 19 heavy (non-hydrogen) atoms. The summed E-state index contributed by atoms with van der Waals surface area (Å²) in [7, 11) is 0. The maximum atomic E-state index is 3.86. The van der Waals surface area contributed by atoms with Crippen molar-refractivity contribution >= 4 is 27.3 Å². The highest BCUT2D eigenvalue weighted by molar-refractivity contribution is 9.09. The predicted molar refractivity (Wildman–Crippen MR) is 92.7 cm³/mol. The van der Waals surface area contributed by atoms with E-state index in [1.807, 2.05) is 11.3 Å². The molecular weight excluding hydrogens is 316 g/mol. The molecule has 0 bridgehead atoms. The van der Waals surface area contributed by atoms with E-state index in [-0.39, 0.29) is 5.41 Å². The summed E-state index contributed by atoms with van der Waals surface area (Å²) < 4.78 is 0. The van der Waals surface area contributed by atoms with E-state index < -0.39 is 0 Å². The minimum Gasteiger partial charge on any atom is -0.144 e. The van der Waals surface area contributed by atoms with Crippen LogP contribution < -0.4 is 0 Å². The molecule has 0 saturated heterocycles. The van der Waals surface area contributed by atoms with Crippen LogP contribution >= 0.6 is 27.3 Å². The van der Waals surface area contributed by atoms with E-state index in [4.69, 9.17) is 0 Å². The van der Waals surface area contributed by atoms with E-state index >= 15 is 0 Å². The van der Waals surface area contributed by atoms with Gasteiger partial charge in [-0.15, -0.1) is 11.3 Å². The summed E-state index contributed by atoms with van der Waals surface area (Å²) in [5.74, 6) is 0. The molecule has 0 aromatic carbocycles. The summed E-state index contributed by atoms with van der Waals surface area (Å²) in [6.07, 6.45) is 9.57. The summed E-state index contributed by atoms with van der Waals surface area (Å²) in [5.41, 5.74) is 0.287. The van der Waals surface area contributed by atoms with Crippen molar-refractivity contribution in [3.05, 3.63) is 21.9 Å². The third-order valence-corrected chi connectivity index (χ3v) is 6.36. The van der Waals surface area contributed by atoms with Gasteiger partial charge in [-0.2, -0.15) is 0 Å². The average molecular weight is 345 g/mol. The Bertz CT molecular complexity index is 348. The van der Waals surface area contributed by atoms with E-state index in [1.54, 1.807) is 0 Å². The molecule has 1 aromatic heterocycles. The molecule has 1 unspecified atom stereocenters. The summed E-state index contributed by atoms with van der Waals surface area (Å²) in [6, 6.07) is 4.61. The zero-order chi connectivity index (χ0) is 14.3. The van der Waals surface area contributed by atoms with Crippen molar-refractivity contribution in [1.29, 1.82) is 0 Å². The zero-order valence-corrected chi connectivity index (χ0v) is 15.4. The van der Waals surface area contributed by atoms with Gasteiger partial charge in [0.05, 0.1) is 0 Å². The Kier molecular flexibility index (Phi) is 7.68. The largest absolute Gasteiger partial charge is 0.144 e. The summed E-state index contributed by atoms with van der Waals surface area (Å²) >= 11 is 5.83. The average Bonchev–Trinajstić information content (AvgIpc) is 2.82. The highest BCUT2D eigenvalue weighted by Crippen LogP contribution is 2.37. The van der Waals surface area contributed by atoms with Crippen LogP contribution in [0.3, 0.4) is 0 Å². The number of hydrogen-bond acceptors (Lipinski definition) is 1. The lowest BCUT2D eigenvalue weighted by atomic mass is 9.95. The first-order chi connectivity index (χ1) is 8.95. The van der Waals surface area contributed by atoms with Gasteiger partial charge in [0.1, 0.15) is 0 Å². The van der Waals surface area contributed by atoms with Crippen LogP contribution in [0, 0.1) is 0 Å². The SMILES string of the molecule is CCCCCCCCC(Br)c1ccc(C(C)(C)C)s1. The van der Waals surface area contributed by atoms with Crippen LogP contribution in [0.25, 0.3) is 0 Å². The molecule has 0 saturated carbocycles. The summed E-state index contributed by atoms with van der Waals surface area (Å²) in [4.78, 5) is 3.55. The number of alkyl halides is 1. The molecule has 0 spiro atoms. The molecule has 0 amide bonds. The van der Waals surface area contributed by atoms with Crippen molar-refractivity contribution in [2.75, 3.05) is 0 Å². The molecule has 1 aromatic rings. The van der Waals surface area contributed by atoms with Gasteiger partial charge in [-0.3, -0.25) is 0 Å². The van der Waals surface area contributed by atoms with Crippen molar-refractivity contribution in [2.45, 2.75) is 82.9 Å². The number of unbranched alkanes of at least 4 members (excludes halogenated alkanes) is 5. The van der Waals surface area contributed by atoms with E-state index in [0.29, 0.717) is 4.83 Å². The Balaban J connectivity index is 2.29. The van der Waals surface area contributed by atoms with Crippen molar-refractivity contribution in [2.24, 2.45) is 0 Å². The van der Waals surface area contributed by atoms with E-state index in [2.05, 4.69) is 55.8 Å². The first-order valence-corrected chi connectivity index (χ1v) is 9.42. The Morgan fingerprint density at radius 3 is 2.26 bits per heavy atom. The number of thiophene rings is 1. The number of halogens is 1. The minimum absolute atomic E-state index is 0.287. The van der Waals surface area contributed by atoms with Crippen LogP contribution in [0.1, 0.15) is 87.2 Å². The van der Waals surface area contributed by atoms with Crippen molar-refractivity contribution in [1.82, 2.24) is 0 Å². The zero-order valence-electron chi connectivity index (χ0n) is 13.0. The maximum absolute atomic E-state index is 3.86. The quantitative estimate of drug-likeness (QED) is 0.344. The fourth-order valence-electron chi connectivity index (χ4n) is 2.17. The third-order valence-electron chi connectivity index (χ3n) is 3.49. The molecule has 1 rings (SSSR count). The van der Waals surface area contributed by atoms with Crippen LogP contribution in [0.15, 0.2) is 12.1 Å². The van der Waals surface area contributed by atoms with Gasteiger partial charge < -0.3 is 0 Å².